The fourth-order valence-corrected chi connectivity index (χ4v) is 3.36. The van der Waals surface area contributed by atoms with Crippen molar-refractivity contribution in [3.8, 4) is 5.75 Å². The maximum atomic E-state index is 13.0. The molecule has 1 aromatic heterocycles. The normalized spacial score (nSPS) is 14.0. The molecule has 0 atom stereocenters. The topological polar surface area (TPSA) is 109 Å². The number of thiol groups is 1. The van der Waals surface area contributed by atoms with Crippen molar-refractivity contribution in [3.05, 3.63) is 53.6 Å². The van der Waals surface area contributed by atoms with E-state index in [-0.39, 0.29) is 28.9 Å². The van der Waals surface area contributed by atoms with E-state index in [2.05, 4.69) is 9.71 Å². The summed E-state index contributed by atoms with van der Waals surface area (Å²) in [6, 6.07) is 6.92. The highest BCUT2D eigenvalue weighted by Crippen LogP contribution is 2.26. The molecule has 3 rings (SSSR count). The molecule has 1 fully saturated rings. The zero-order valence-corrected chi connectivity index (χ0v) is 16.4. The number of piperazine rings is 1. The second kappa shape index (κ2) is 8.86. The van der Waals surface area contributed by atoms with Crippen LogP contribution in [-0.4, -0.2) is 68.3 Å². The number of benzene rings is 1. The lowest BCUT2D eigenvalue weighted by molar-refractivity contribution is 0.0532. The molecule has 11 heteroatoms. The molecule has 1 N–H and O–H groups in total. The van der Waals surface area contributed by atoms with Crippen LogP contribution < -0.4 is 9.46 Å². The van der Waals surface area contributed by atoms with Crippen molar-refractivity contribution in [3.63, 3.8) is 0 Å². The Balaban J connectivity index is 1.65. The lowest BCUT2D eigenvalue weighted by Crippen LogP contribution is -2.50. The molecule has 1 aromatic carbocycles. The molecule has 0 spiro atoms. The fourth-order valence-electron chi connectivity index (χ4n) is 2.97. The molecule has 0 aliphatic carbocycles. The van der Waals surface area contributed by atoms with E-state index in [1.54, 1.807) is 9.80 Å². The van der Waals surface area contributed by atoms with Crippen LogP contribution in [0.25, 0.3) is 0 Å². The summed E-state index contributed by atoms with van der Waals surface area (Å²) in [6.07, 6.45) is 0.988. The van der Waals surface area contributed by atoms with Gasteiger partial charge in [-0.25, -0.2) is 17.8 Å². The number of anilines is 1. The Morgan fingerprint density at radius 2 is 1.72 bits per heavy atom. The molecule has 1 aliphatic rings. The van der Waals surface area contributed by atoms with E-state index in [0.717, 1.165) is 6.20 Å². The van der Waals surface area contributed by atoms with Crippen LogP contribution >= 0.6 is 0 Å². The Hall–Kier alpha value is -3.21. The van der Waals surface area contributed by atoms with Gasteiger partial charge in [0.2, 0.25) is 10.9 Å². The molecule has 2 aromatic rings. The summed E-state index contributed by atoms with van der Waals surface area (Å²) < 4.78 is 42.0. The number of halogens is 1. The number of carbonyl (C=O) groups excluding carboxylic acids is 2. The maximum Gasteiger partial charge on any atom is 0.272 e. The summed E-state index contributed by atoms with van der Waals surface area (Å²) in [5.74, 6) is -0.865. The van der Waals surface area contributed by atoms with Crippen molar-refractivity contribution in [2.45, 2.75) is 0 Å². The third-order valence-corrected chi connectivity index (χ3v) is 4.88. The van der Waals surface area contributed by atoms with Crippen molar-refractivity contribution >= 4 is 28.4 Å². The number of pyridine rings is 1. The van der Waals surface area contributed by atoms with Gasteiger partial charge in [-0.05, 0) is 30.3 Å². The second-order valence-corrected chi connectivity index (χ2v) is 6.97. The number of methoxy groups -OCH3 is 1. The van der Waals surface area contributed by atoms with Gasteiger partial charge in [-0.1, -0.05) is 0 Å². The molecule has 29 heavy (non-hydrogen) atoms. The van der Waals surface area contributed by atoms with Crippen LogP contribution in [0.3, 0.4) is 0 Å². The minimum Gasteiger partial charge on any atom is -0.495 e. The molecule has 1 saturated heterocycles. The molecule has 2 amide bonds. The zero-order valence-electron chi connectivity index (χ0n) is 15.5. The highest BCUT2D eigenvalue weighted by Gasteiger charge is 2.26. The lowest BCUT2D eigenvalue weighted by atomic mass is 10.1. The van der Waals surface area contributed by atoms with Crippen LogP contribution in [0.5, 0.6) is 5.75 Å². The number of ether oxygens (including phenoxy) is 1. The van der Waals surface area contributed by atoms with E-state index >= 15 is 0 Å². The first-order valence-corrected chi connectivity index (χ1v) is 9.86. The van der Waals surface area contributed by atoms with Crippen LogP contribution in [0, 0.1) is 5.82 Å². The molecule has 0 unspecified atom stereocenters. The molecule has 1 aliphatic heterocycles. The number of hydrogen-bond donors (Lipinski definition) is 2. The summed E-state index contributed by atoms with van der Waals surface area (Å²) in [7, 11) is -1.48. The van der Waals surface area contributed by atoms with Crippen LogP contribution in [0.1, 0.15) is 20.8 Å². The van der Waals surface area contributed by atoms with E-state index in [1.807, 2.05) is 0 Å². The van der Waals surface area contributed by atoms with Crippen LogP contribution in [0.4, 0.5) is 10.1 Å². The summed E-state index contributed by atoms with van der Waals surface area (Å²) in [4.78, 5) is 32.1. The van der Waals surface area contributed by atoms with Crippen molar-refractivity contribution in [2.24, 2.45) is 0 Å². The monoisotopic (exact) mass is 422 g/mol. The molecule has 0 radical (unpaired) electrons. The van der Waals surface area contributed by atoms with Gasteiger partial charge in [0.05, 0.1) is 19.0 Å². The minimum atomic E-state index is -2.86. The standard InChI is InChI=1S/C18H19FN4O5S/c1-28-16-10-12(2-4-14(16)21-29(26)27)17(24)22-6-8-23(9-7-22)18(25)15-5-3-13(19)11-20-15/h2-5,10-11,29H,6-9H2,1H3,(H,21,26,27). The Kier molecular flexibility index (Phi) is 6.27. The molecule has 0 bridgehead atoms. The van der Waals surface area contributed by atoms with Crippen molar-refractivity contribution < 1.29 is 27.1 Å². The zero-order chi connectivity index (χ0) is 21.0. The third-order valence-electron chi connectivity index (χ3n) is 4.46. The average Bonchev–Trinajstić information content (AvgIpc) is 2.73. The average molecular weight is 422 g/mol. The van der Waals surface area contributed by atoms with Crippen LogP contribution in [0.2, 0.25) is 0 Å². The first-order valence-electron chi connectivity index (χ1n) is 8.68. The number of carbonyl (C=O) groups is 2. The van der Waals surface area contributed by atoms with Crippen molar-refractivity contribution in [2.75, 3.05) is 38.0 Å². The first-order chi connectivity index (χ1) is 13.9. The number of hydrogen-bond acceptors (Lipinski definition) is 6. The highest BCUT2D eigenvalue weighted by atomic mass is 32.2. The number of amides is 2. The van der Waals surface area contributed by atoms with Gasteiger partial charge in [-0.3, -0.25) is 14.3 Å². The molecule has 9 nitrogen and oxygen atoms in total. The maximum absolute atomic E-state index is 13.0. The van der Waals surface area contributed by atoms with Crippen molar-refractivity contribution in [1.29, 1.82) is 0 Å². The number of nitrogens with zero attached hydrogens (tertiary/aromatic N) is 3. The summed E-state index contributed by atoms with van der Waals surface area (Å²) in [5.41, 5.74) is 0.728. The third kappa shape index (κ3) is 4.80. The Labute approximate surface area is 168 Å². The van der Waals surface area contributed by atoms with E-state index in [0.29, 0.717) is 31.7 Å². The molecular weight excluding hydrogens is 403 g/mol. The van der Waals surface area contributed by atoms with E-state index in [4.69, 9.17) is 4.74 Å². The highest BCUT2D eigenvalue weighted by molar-refractivity contribution is 7.73. The summed E-state index contributed by atoms with van der Waals surface area (Å²) >= 11 is 0. The second-order valence-electron chi connectivity index (χ2n) is 6.23. The number of aromatic nitrogens is 1. The van der Waals surface area contributed by atoms with Gasteiger partial charge in [0.1, 0.15) is 17.3 Å². The molecule has 0 saturated carbocycles. The summed E-state index contributed by atoms with van der Waals surface area (Å²) in [5, 5.41) is 0. The first kappa shape index (κ1) is 20.5. The number of rotatable bonds is 5. The Morgan fingerprint density at radius 3 is 2.28 bits per heavy atom. The van der Waals surface area contributed by atoms with E-state index in [1.165, 1.54) is 37.4 Å². The van der Waals surface area contributed by atoms with Gasteiger partial charge >= 0.3 is 0 Å². The fraction of sp³-hybridized carbons (Fsp3) is 0.278. The SMILES string of the molecule is COc1cc(C(=O)N2CCN(C(=O)c3ccc(F)cn3)CC2)ccc1N[SH](=O)=O. The van der Waals surface area contributed by atoms with Gasteiger partial charge < -0.3 is 14.5 Å². The van der Waals surface area contributed by atoms with Crippen molar-refractivity contribution in [1.82, 2.24) is 14.8 Å². The van der Waals surface area contributed by atoms with E-state index in [9.17, 15) is 22.4 Å². The molecule has 154 valence electrons. The van der Waals surface area contributed by atoms with Gasteiger partial charge in [-0.15, -0.1) is 0 Å². The Bertz CT molecular complexity index is 980. The van der Waals surface area contributed by atoms with Gasteiger partial charge in [0, 0.05) is 31.7 Å². The quantitative estimate of drug-likeness (QED) is 0.689. The van der Waals surface area contributed by atoms with Gasteiger partial charge in [-0.2, -0.15) is 0 Å². The predicted octanol–water partition coefficient (Wildman–Crippen LogP) is 0.766. The Morgan fingerprint density at radius 1 is 1.07 bits per heavy atom. The number of nitrogens with one attached hydrogen (secondary N) is 1. The summed E-state index contributed by atoms with van der Waals surface area (Å²) in [6.45, 7) is 1.27. The lowest BCUT2D eigenvalue weighted by Gasteiger charge is -2.34. The molecular formula is C18H19FN4O5S. The van der Waals surface area contributed by atoms with Crippen LogP contribution in [0.15, 0.2) is 36.5 Å². The van der Waals surface area contributed by atoms with Crippen LogP contribution in [-0.2, 0) is 10.9 Å². The van der Waals surface area contributed by atoms with E-state index < -0.39 is 16.7 Å². The largest absolute Gasteiger partial charge is 0.495 e. The smallest absolute Gasteiger partial charge is 0.272 e. The van der Waals surface area contributed by atoms with Gasteiger partial charge in [0.25, 0.3) is 11.8 Å². The minimum absolute atomic E-state index is 0.149. The van der Waals surface area contributed by atoms with Gasteiger partial charge in [0.15, 0.2) is 0 Å². The predicted molar refractivity (Wildman–Crippen MR) is 103 cm³/mol. The molecule has 2 heterocycles.